The Morgan fingerprint density at radius 3 is 1.61 bits per heavy atom. The van der Waals surface area contributed by atoms with Gasteiger partial charge >= 0.3 is 12.1 Å². The van der Waals surface area contributed by atoms with Crippen molar-refractivity contribution in [1.82, 2.24) is 0 Å². The molecule has 8 nitrogen and oxygen atoms in total. The van der Waals surface area contributed by atoms with Crippen molar-refractivity contribution in [3.8, 4) is 12.1 Å². The number of nitriles is 2. The fraction of sp³-hybridized carbons (Fsp3) is 0.800. The predicted octanol–water partition coefficient (Wildman–Crippen LogP) is 1.27. The molecule has 0 heterocycles. The van der Waals surface area contributed by atoms with Crippen LogP contribution in [-0.4, -0.2) is 21.9 Å². The lowest BCUT2D eigenvalue weighted by molar-refractivity contribution is -0.576. The van der Waals surface area contributed by atoms with Gasteiger partial charge in [0.05, 0.1) is 0 Å². The van der Waals surface area contributed by atoms with Gasteiger partial charge in [0.1, 0.15) is 17.6 Å². The molecule has 0 aromatic rings. The summed E-state index contributed by atoms with van der Waals surface area (Å²) in [5.41, 5.74) is -1.46. The lowest BCUT2D eigenvalue weighted by Crippen LogP contribution is -2.52. The molecule has 1 aliphatic rings. The zero-order chi connectivity index (χ0) is 13.8. The van der Waals surface area contributed by atoms with Crippen LogP contribution < -0.4 is 0 Å². The van der Waals surface area contributed by atoms with Crippen molar-refractivity contribution in [1.29, 1.82) is 10.5 Å². The van der Waals surface area contributed by atoms with E-state index in [1.54, 1.807) is 0 Å². The molecule has 1 fully saturated rings. The first-order valence-electron chi connectivity index (χ1n) is 5.56. The highest BCUT2D eigenvalue weighted by atomic mass is 16.6. The quantitative estimate of drug-likeness (QED) is 0.546. The van der Waals surface area contributed by atoms with Crippen molar-refractivity contribution in [2.75, 3.05) is 0 Å². The molecule has 1 aliphatic carbocycles. The van der Waals surface area contributed by atoms with Gasteiger partial charge in [-0.1, -0.05) is 19.3 Å². The van der Waals surface area contributed by atoms with Gasteiger partial charge in [-0.2, -0.15) is 10.5 Å². The fourth-order valence-corrected chi connectivity index (χ4v) is 2.68. The summed E-state index contributed by atoms with van der Waals surface area (Å²) in [6.45, 7) is 0. The predicted molar refractivity (Wildman–Crippen MR) is 58.3 cm³/mol. The van der Waals surface area contributed by atoms with Gasteiger partial charge < -0.3 is 0 Å². The van der Waals surface area contributed by atoms with Crippen LogP contribution in [0.4, 0.5) is 0 Å². The van der Waals surface area contributed by atoms with Crippen LogP contribution >= 0.6 is 0 Å². The monoisotopic (exact) mass is 252 g/mol. The summed E-state index contributed by atoms with van der Waals surface area (Å²) in [6, 6.07) is -0.348. The third-order valence-corrected chi connectivity index (χ3v) is 3.54. The number of hydrogen-bond acceptors (Lipinski definition) is 6. The van der Waals surface area contributed by atoms with Crippen molar-refractivity contribution in [2.45, 2.75) is 44.2 Å². The van der Waals surface area contributed by atoms with E-state index in [2.05, 4.69) is 0 Å². The minimum absolute atomic E-state index is 0.172. The smallest absolute Gasteiger partial charge is 0.263 e. The second-order valence-corrected chi connectivity index (χ2v) is 4.43. The molecule has 0 aliphatic heterocycles. The largest absolute Gasteiger partial charge is 0.309 e. The van der Waals surface area contributed by atoms with Gasteiger partial charge in [-0.25, -0.2) is 0 Å². The molecule has 18 heavy (non-hydrogen) atoms. The van der Waals surface area contributed by atoms with Gasteiger partial charge in [0.15, 0.2) is 0 Å². The molecule has 0 radical (unpaired) electrons. The third-order valence-electron chi connectivity index (χ3n) is 3.54. The van der Waals surface area contributed by atoms with Crippen LogP contribution in [0.2, 0.25) is 0 Å². The van der Waals surface area contributed by atoms with Gasteiger partial charge in [0, 0.05) is 9.85 Å². The van der Waals surface area contributed by atoms with Crippen LogP contribution in [0.15, 0.2) is 0 Å². The van der Waals surface area contributed by atoms with E-state index in [1.165, 1.54) is 12.1 Å². The van der Waals surface area contributed by atoms with Crippen molar-refractivity contribution < 1.29 is 9.85 Å². The van der Waals surface area contributed by atoms with E-state index in [9.17, 15) is 20.2 Å². The maximum Gasteiger partial charge on any atom is 0.309 e. The molecule has 0 aromatic heterocycles. The Morgan fingerprint density at radius 1 is 0.944 bits per heavy atom. The third kappa shape index (κ3) is 2.23. The van der Waals surface area contributed by atoms with E-state index in [0.29, 0.717) is 12.8 Å². The molecular formula is C10H12N4O4. The molecule has 0 spiro atoms. The van der Waals surface area contributed by atoms with Crippen molar-refractivity contribution in [3.05, 3.63) is 20.2 Å². The summed E-state index contributed by atoms with van der Waals surface area (Å²) in [4.78, 5) is 20.2. The highest BCUT2D eigenvalue weighted by Crippen LogP contribution is 2.44. The van der Waals surface area contributed by atoms with Crippen molar-refractivity contribution in [3.63, 3.8) is 0 Å². The normalized spacial score (nSPS) is 21.0. The van der Waals surface area contributed by atoms with E-state index in [1.807, 2.05) is 0 Å². The summed E-state index contributed by atoms with van der Waals surface area (Å²) in [5.74, 6) is 0. The summed E-state index contributed by atoms with van der Waals surface area (Å²) >= 11 is 0. The second kappa shape index (κ2) is 5.41. The van der Waals surface area contributed by atoms with Crippen LogP contribution in [0.1, 0.15) is 32.1 Å². The molecule has 0 amide bonds. The number of hydrogen-bond donors (Lipinski definition) is 0. The van der Waals surface area contributed by atoms with E-state index in [-0.39, 0.29) is 12.8 Å². The molecule has 96 valence electrons. The van der Waals surface area contributed by atoms with Crippen LogP contribution in [0.3, 0.4) is 0 Å². The van der Waals surface area contributed by atoms with Gasteiger partial charge in [-0.3, -0.25) is 20.2 Å². The molecule has 0 bridgehead atoms. The first-order chi connectivity index (χ1) is 8.49. The van der Waals surface area contributed by atoms with Crippen LogP contribution in [-0.2, 0) is 0 Å². The molecule has 0 saturated heterocycles. The molecule has 2 atom stereocenters. The van der Waals surface area contributed by atoms with Crippen LogP contribution in [0.25, 0.3) is 0 Å². The first-order valence-corrected chi connectivity index (χ1v) is 5.56. The second-order valence-electron chi connectivity index (χ2n) is 4.43. The van der Waals surface area contributed by atoms with E-state index in [4.69, 9.17) is 10.5 Å². The number of nitrogens with zero attached hydrogens (tertiary/aromatic N) is 4. The SMILES string of the molecule is N#C[C@H]([N+](=O)[O-])C1([C@@H](C#N)[N+](=O)[O-])CCCCC1. The van der Waals surface area contributed by atoms with Gasteiger partial charge in [0.2, 0.25) is 0 Å². The topological polar surface area (TPSA) is 134 Å². The lowest BCUT2D eigenvalue weighted by atomic mass is 9.65. The molecular weight excluding hydrogens is 240 g/mol. The summed E-state index contributed by atoms with van der Waals surface area (Å²) in [6.07, 6.45) is 2.29. The maximum absolute atomic E-state index is 10.9. The molecule has 8 heteroatoms. The van der Waals surface area contributed by atoms with Crippen LogP contribution in [0, 0.1) is 48.3 Å². The molecule has 1 saturated carbocycles. The number of nitro groups is 2. The molecule has 1 rings (SSSR count). The standard InChI is InChI=1S/C10H12N4O4/c11-6-8(13(15)16)10(4-2-1-3-5-10)9(7-12)14(17)18/h8-9H,1-5H2/t8-,9+. The average molecular weight is 252 g/mol. The van der Waals surface area contributed by atoms with Gasteiger partial charge in [-0.15, -0.1) is 0 Å². The Labute approximate surface area is 103 Å². The molecule has 0 unspecified atom stereocenters. The maximum atomic E-state index is 10.9. The highest BCUT2D eigenvalue weighted by Gasteiger charge is 2.59. The Hall–Kier alpha value is -2.22. The Morgan fingerprint density at radius 2 is 1.33 bits per heavy atom. The van der Waals surface area contributed by atoms with Crippen molar-refractivity contribution in [2.24, 2.45) is 5.41 Å². The van der Waals surface area contributed by atoms with Crippen LogP contribution in [0.5, 0.6) is 0 Å². The zero-order valence-corrected chi connectivity index (χ0v) is 9.61. The van der Waals surface area contributed by atoms with Crippen molar-refractivity contribution >= 4 is 0 Å². The summed E-state index contributed by atoms with van der Waals surface area (Å²) in [7, 11) is 0. The van der Waals surface area contributed by atoms with Gasteiger partial charge in [-0.05, 0) is 12.8 Å². The highest BCUT2D eigenvalue weighted by molar-refractivity contribution is 5.10. The Bertz CT molecular complexity index is 396. The Kier molecular flexibility index (Phi) is 4.16. The first kappa shape index (κ1) is 13.8. The molecule has 0 aromatic carbocycles. The average Bonchev–Trinajstić information content (AvgIpc) is 2.30. The van der Waals surface area contributed by atoms with E-state index < -0.39 is 27.3 Å². The minimum atomic E-state index is -1.70. The number of rotatable bonds is 4. The molecule has 0 N–H and O–H groups in total. The van der Waals surface area contributed by atoms with Gasteiger partial charge in [0.25, 0.3) is 0 Å². The zero-order valence-electron chi connectivity index (χ0n) is 9.61. The summed E-state index contributed by atoms with van der Waals surface area (Å²) in [5, 5.41) is 39.7. The van der Waals surface area contributed by atoms with E-state index >= 15 is 0 Å². The summed E-state index contributed by atoms with van der Waals surface area (Å²) < 4.78 is 0. The van der Waals surface area contributed by atoms with E-state index in [0.717, 1.165) is 6.42 Å². The fourth-order valence-electron chi connectivity index (χ4n) is 2.68. The lowest BCUT2D eigenvalue weighted by Gasteiger charge is -2.34. The Balaban J connectivity index is 3.25. The minimum Gasteiger partial charge on any atom is -0.263 e.